The van der Waals surface area contributed by atoms with Gasteiger partial charge in [-0.1, -0.05) is 20.8 Å². The number of rotatable bonds is 3. The summed E-state index contributed by atoms with van der Waals surface area (Å²) in [4.78, 5) is 0. The van der Waals surface area contributed by atoms with Crippen LogP contribution in [0.1, 0.15) is 27.7 Å². The minimum Gasteiger partial charge on any atom is -0.394 e. The molecule has 0 radical (unpaired) electrons. The molecule has 10 heavy (non-hydrogen) atoms. The fourth-order valence-corrected chi connectivity index (χ4v) is 0.479. The Morgan fingerprint density at radius 1 is 1.40 bits per heavy atom. The molecule has 0 bridgehead atoms. The predicted molar refractivity (Wildman–Crippen MR) is 42.0 cm³/mol. The summed E-state index contributed by atoms with van der Waals surface area (Å²) >= 11 is 0. The van der Waals surface area contributed by atoms with Gasteiger partial charge in [0.2, 0.25) is 0 Å². The number of aliphatic hydroxyl groups is 1. The Morgan fingerprint density at radius 3 is 2.20 bits per heavy atom. The summed E-state index contributed by atoms with van der Waals surface area (Å²) in [5.74, 6) is 0. The first kappa shape index (κ1) is 9.92. The molecule has 0 fully saturated rings. The zero-order chi connectivity index (χ0) is 8.20. The van der Waals surface area contributed by atoms with E-state index in [4.69, 9.17) is 9.84 Å². The molecule has 0 saturated heterocycles. The normalized spacial score (nSPS) is 15.3. The summed E-state index contributed by atoms with van der Waals surface area (Å²) < 4.78 is 5.31. The lowest BCUT2D eigenvalue weighted by molar-refractivity contribution is -0.0196. The quantitative estimate of drug-likeness (QED) is 0.652. The van der Waals surface area contributed by atoms with E-state index in [0.717, 1.165) is 0 Å². The van der Waals surface area contributed by atoms with E-state index < -0.39 is 0 Å². The standard InChI is InChI=1S/C8H18O2/c1-7(8(2,3)4)10-6-5-9/h7,9H,5-6H2,1-4H3. The van der Waals surface area contributed by atoms with Gasteiger partial charge < -0.3 is 9.84 Å². The van der Waals surface area contributed by atoms with Crippen LogP contribution >= 0.6 is 0 Å². The largest absolute Gasteiger partial charge is 0.394 e. The molecule has 1 atom stereocenters. The van der Waals surface area contributed by atoms with Crippen molar-refractivity contribution in [3.8, 4) is 0 Å². The molecule has 0 saturated carbocycles. The van der Waals surface area contributed by atoms with E-state index in [1.807, 2.05) is 6.92 Å². The van der Waals surface area contributed by atoms with E-state index in [9.17, 15) is 0 Å². The average molecular weight is 146 g/mol. The molecule has 62 valence electrons. The maximum Gasteiger partial charge on any atom is 0.0701 e. The first-order chi connectivity index (χ1) is 4.48. The van der Waals surface area contributed by atoms with Crippen molar-refractivity contribution < 1.29 is 9.84 Å². The Balaban J connectivity index is 3.52. The highest BCUT2D eigenvalue weighted by molar-refractivity contribution is 4.69. The van der Waals surface area contributed by atoms with Crippen LogP contribution in [-0.4, -0.2) is 24.4 Å². The molecule has 0 aliphatic rings. The predicted octanol–water partition coefficient (Wildman–Crippen LogP) is 1.43. The molecule has 2 heteroatoms. The van der Waals surface area contributed by atoms with E-state index in [-0.39, 0.29) is 18.1 Å². The van der Waals surface area contributed by atoms with Gasteiger partial charge in [-0.15, -0.1) is 0 Å². The molecule has 0 heterocycles. The lowest BCUT2D eigenvalue weighted by atomic mass is 9.90. The summed E-state index contributed by atoms with van der Waals surface area (Å²) in [6.45, 7) is 8.94. The third kappa shape index (κ3) is 3.85. The first-order valence-electron chi connectivity index (χ1n) is 3.71. The summed E-state index contributed by atoms with van der Waals surface area (Å²) in [5, 5.41) is 8.46. The van der Waals surface area contributed by atoms with Gasteiger partial charge in [0.05, 0.1) is 19.3 Å². The summed E-state index contributed by atoms with van der Waals surface area (Å²) in [7, 11) is 0. The van der Waals surface area contributed by atoms with E-state index in [2.05, 4.69) is 20.8 Å². The van der Waals surface area contributed by atoms with Crippen molar-refractivity contribution >= 4 is 0 Å². The molecule has 0 aliphatic carbocycles. The highest BCUT2D eigenvalue weighted by Crippen LogP contribution is 2.21. The van der Waals surface area contributed by atoms with Crippen LogP contribution in [-0.2, 0) is 4.74 Å². The molecule has 0 aliphatic heterocycles. The zero-order valence-electron chi connectivity index (χ0n) is 7.35. The Bertz CT molecular complexity index is 83.7. The molecule has 0 aromatic heterocycles. The molecule has 0 aromatic rings. The molecule has 2 nitrogen and oxygen atoms in total. The fraction of sp³-hybridized carbons (Fsp3) is 1.00. The van der Waals surface area contributed by atoms with Crippen LogP contribution in [0.3, 0.4) is 0 Å². The van der Waals surface area contributed by atoms with Crippen molar-refractivity contribution in [2.75, 3.05) is 13.2 Å². The maximum absolute atomic E-state index is 8.46. The molecular weight excluding hydrogens is 128 g/mol. The van der Waals surface area contributed by atoms with Crippen LogP contribution in [0.4, 0.5) is 0 Å². The van der Waals surface area contributed by atoms with Crippen LogP contribution in [0.2, 0.25) is 0 Å². The molecule has 1 unspecified atom stereocenters. The summed E-state index contributed by atoms with van der Waals surface area (Å²) in [5.41, 5.74) is 0.176. The van der Waals surface area contributed by atoms with Gasteiger partial charge >= 0.3 is 0 Å². The fourth-order valence-electron chi connectivity index (χ4n) is 0.479. The van der Waals surface area contributed by atoms with Crippen LogP contribution < -0.4 is 0 Å². The Kier molecular flexibility index (Phi) is 3.91. The minimum atomic E-state index is 0.112. The van der Waals surface area contributed by atoms with Crippen molar-refractivity contribution in [2.45, 2.75) is 33.8 Å². The second-order valence-electron chi connectivity index (χ2n) is 3.60. The Labute approximate surface area is 63.2 Å². The van der Waals surface area contributed by atoms with E-state index in [1.165, 1.54) is 0 Å². The van der Waals surface area contributed by atoms with Gasteiger partial charge in [0.25, 0.3) is 0 Å². The molecular formula is C8H18O2. The van der Waals surface area contributed by atoms with Gasteiger partial charge in [-0.05, 0) is 12.3 Å². The van der Waals surface area contributed by atoms with Crippen LogP contribution in [0.5, 0.6) is 0 Å². The Morgan fingerprint density at radius 2 is 1.90 bits per heavy atom. The average Bonchev–Trinajstić information content (AvgIpc) is 1.80. The Hall–Kier alpha value is -0.0800. The van der Waals surface area contributed by atoms with Crippen molar-refractivity contribution in [1.82, 2.24) is 0 Å². The molecule has 0 spiro atoms. The second-order valence-corrected chi connectivity index (χ2v) is 3.60. The SMILES string of the molecule is CC(OCCO)C(C)(C)C. The number of aliphatic hydroxyl groups excluding tert-OH is 1. The molecule has 0 amide bonds. The zero-order valence-corrected chi connectivity index (χ0v) is 7.35. The highest BCUT2D eigenvalue weighted by Gasteiger charge is 2.19. The van der Waals surface area contributed by atoms with Crippen molar-refractivity contribution in [2.24, 2.45) is 5.41 Å². The van der Waals surface area contributed by atoms with E-state index in [0.29, 0.717) is 6.61 Å². The number of ether oxygens (including phenoxy) is 1. The van der Waals surface area contributed by atoms with Gasteiger partial charge in [-0.3, -0.25) is 0 Å². The monoisotopic (exact) mass is 146 g/mol. The third-order valence-corrected chi connectivity index (χ3v) is 1.68. The topological polar surface area (TPSA) is 29.5 Å². The third-order valence-electron chi connectivity index (χ3n) is 1.68. The minimum absolute atomic E-state index is 0.112. The van der Waals surface area contributed by atoms with E-state index in [1.54, 1.807) is 0 Å². The van der Waals surface area contributed by atoms with Gasteiger partial charge in [0.1, 0.15) is 0 Å². The van der Waals surface area contributed by atoms with Crippen LogP contribution in [0.25, 0.3) is 0 Å². The lowest BCUT2D eigenvalue weighted by Gasteiger charge is -2.26. The molecule has 1 N–H and O–H groups in total. The maximum atomic E-state index is 8.46. The van der Waals surface area contributed by atoms with Crippen molar-refractivity contribution in [3.05, 3.63) is 0 Å². The van der Waals surface area contributed by atoms with Gasteiger partial charge in [-0.2, -0.15) is 0 Å². The summed E-state index contributed by atoms with van der Waals surface area (Å²) in [6, 6.07) is 0. The van der Waals surface area contributed by atoms with Crippen LogP contribution in [0, 0.1) is 5.41 Å². The van der Waals surface area contributed by atoms with Crippen molar-refractivity contribution in [1.29, 1.82) is 0 Å². The first-order valence-corrected chi connectivity index (χ1v) is 3.71. The summed E-state index contributed by atoms with van der Waals surface area (Å²) in [6.07, 6.45) is 0.208. The van der Waals surface area contributed by atoms with E-state index >= 15 is 0 Å². The molecule has 0 rings (SSSR count). The van der Waals surface area contributed by atoms with Crippen molar-refractivity contribution in [3.63, 3.8) is 0 Å². The lowest BCUT2D eigenvalue weighted by Crippen LogP contribution is -2.27. The number of hydrogen-bond acceptors (Lipinski definition) is 2. The van der Waals surface area contributed by atoms with Gasteiger partial charge in [-0.25, -0.2) is 0 Å². The van der Waals surface area contributed by atoms with Gasteiger partial charge in [0, 0.05) is 0 Å². The highest BCUT2D eigenvalue weighted by atomic mass is 16.5. The van der Waals surface area contributed by atoms with Crippen LogP contribution in [0.15, 0.2) is 0 Å². The van der Waals surface area contributed by atoms with Gasteiger partial charge in [0.15, 0.2) is 0 Å². The smallest absolute Gasteiger partial charge is 0.0701 e. The molecule has 0 aromatic carbocycles. The number of hydrogen-bond donors (Lipinski definition) is 1. The second kappa shape index (κ2) is 3.94.